The normalized spacial score (nSPS) is 11.8. The largest absolute Gasteiger partial charge is 0.405 e. The summed E-state index contributed by atoms with van der Waals surface area (Å²) in [7, 11) is 0. The predicted molar refractivity (Wildman–Crippen MR) is 53.5 cm³/mol. The standard InChI is InChI=1S/C7H9ClF3N3S/c1-2-3-14(4-7(9,10)11)6-5(8)12-15-13-6/h2-4H2,1H3. The fraction of sp³-hybridized carbons (Fsp3) is 0.714. The molecule has 0 N–H and O–H groups in total. The molecule has 1 rings (SSSR count). The number of anilines is 1. The minimum absolute atomic E-state index is 0.0256. The van der Waals surface area contributed by atoms with Crippen LogP contribution in [0.3, 0.4) is 0 Å². The summed E-state index contributed by atoms with van der Waals surface area (Å²) in [4.78, 5) is 1.09. The molecule has 0 saturated carbocycles. The van der Waals surface area contributed by atoms with Gasteiger partial charge in [-0.25, -0.2) is 0 Å². The summed E-state index contributed by atoms with van der Waals surface area (Å²) in [6.07, 6.45) is -3.67. The van der Waals surface area contributed by atoms with Crippen LogP contribution in [0.25, 0.3) is 0 Å². The molecule has 0 saturated heterocycles. The summed E-state index contributed by atoms with van der Waals surface area (Å²) in [6, 6.07) is 0. The average molecular weight is 260 g/mol. The SMILES string of the molecule is CCCN(CC(F)(F)F)c1nsnc1Cl. The Morgan fingerprint density at radius 1 is 1.40 bits per heavy atom. The summed E-state index contributed by atoms with van der Waals surface area (Å²) in [5.74, 6) is 0.112. The first-order valence-corrected chi connectivity index (χ1v) is 5.34. The second-order valence-electron chi connectivity index (χ2n) is 2.92. The highest BCUT2D eigenvalue weighted by molar-refractivity contribution is 6.99. The highest BCUT2D eigenvalue weighted by Crippen LogP contribution is 2.26. The lowest BCUT2D eigenvalue weighted by Gasteiger charge is -2.22. The molecule has 0 amide bonds. The van der Waals surface area contributed by atoms with Gasteiger partial charge in [0.1, 0.15) is 6.54 Å². The molecule has 1 aromatic rings. The number of halogens is 4. The predicted octanol–water partition coefficient (Wildman–Crippen LogP) is 2.97. The molecular formula is C7H9ClF3N3S. The van der Waals surface area contributed by atoms with Crippen molar-refractivity contribution in [3.05, 3.63) is 5.15 Å². The van der Waals surface area contributed by atoms with Gasteiger partial charge in [0.2, 0.25) is 0 Å². The topological polar surface area (TPSA) is 29.0 Å². The van der Waals surface area contributed by atoms with Gasteiger partial charge in [-0.1, -0.05) is 18.5 Å². The lowest BCUT2D eigenvalue weighted by molar-refractivity contribution is -0.119. The minimum atomic E-state index is -4.26. The lowest BCUT2D eigenvalue weighted by Crippen LogP contribution is -2.35. The Balaban J connectivity index is 2.79. The Morgan fingerprint density at radius 3 is 2.47 bits per heavy atom. The third-order valence-electron chi connectivity index (χ3n) is 1.60. The molecule has 0 spiro atoms. The van der Waals surface area contributed by atoms with E-state index in [-0.39, 0.29) is 17.5 Å². The molecule has 0 unspecified atom stereocenters. The van der Waals surface area contributed by atoms with Crippen molar-refractivity contribution in [2.45, 2.75) is 19.5 Å². The number of rotatable bonds is 4. The van der Waals surface area contributed by atoms with Crippen LogP contribution in [-0.2, 0) is 0 Å². The quantitative estimate of drug-likeness (QED) is 0.832. The Morgan fingerprint density at radius 2 is 2.07 bits per heavy atom. The van der Waals surface area contributed by atoms with E-state index in [0.29, 0.717) is 6.42 Å². The van der Waals surface area contributed by atoms with Gasteiger partial charge in [0.25, 0.3) is 0 Å². The van der Waals surface area contributed by atoms with Crippen LogP contribution >= 0.6 is 23.3 Å². The monoisotopic (exact) mass is 259 g/mol. The van der Waals surface area contributed by atoms with Crippen LogP contribution in [0.4, 0.5) is 19.0 Å². The van der Waals surface area contributed by atoms with Crippen molar-refractivity contribution in [3.63, 3.8) is 0 Å². The second-order valence-corrected chi connectivity index (χ2v) is 3.80. The Kier molecular flexibility index (Phi) is 4.15. The van der Waals surface area contributed by atoms with E-state index in [1.165, 1.54) is 0 Å². The van der Waals surface area contributed by atoms with E-state index in [1.54, 1.807) is 6.92 Å². The van der Waals surface area contributed by atoms with E-state index >= 15 is 0 Å². The maximum atomic E-state index is 12.2. The van der Waals surface area contributed by atoms with E-state index in [0.717, 1.165) is 16.6 Å². The zero-order chi connectivity index (χ0) is 11.5. The second kappa shape index (κ2) is 4.98. The zero-order valence-corrected chi connectivity index (χ0v) is 9.46. The van der Waals surface area contributed by atoms with Gasteiger partial charge < -0.3 is 4.90 Å². The maximum absolute atomic E-state index is 12.2. The highest BCUT2D eigenvalue weighted by atomic mass is 35.5. The van der Waals surface area contributed by atoms with Gasteiger partial charge in [0.15, 0.2) is 11.0 Å². The number of aromatic nitrogens is 2. The molecule has 15 heavy (non-hydrogen) atoms. The highest BCUT2D eigenvalue weighted by Gasteiger charge is 2.32. The van der Waals surface area contributed by atoms with Crippen LogP contribution < -0.4 is 4.90 Å². The van der Waals surface area contributed by atoms with Gasteiger partial charge >= 0.3 is 6.18 Å². The lowest BCUT2D eigenvalue weighted by atomic mass is 10.4. The van der Waals surface area contributed by atoms with E-state index in [1.807, 2.05) is 0 Å². The fourth-order valence-corrected chi connectivity index (χ4v) is 1.89. The van der Waals surface area contributed by atoms with Crippen molar-refractivity contribution < 1.29 is 13.2 Å². The number of nitrogens with zero attached hydrogens (tertiary/aromatic N) is 3. The molecule has 0 aromatic carbocycles. The molecule has 8 heteroatoms. The first-order chi connectivity index (χ1) is 6.94. The van der Waals surface area contributed by atoms with E-state index in [9.17, 15) is 13.2 Å². The summed E-state index contributed by atoms with van der Waals surface area (Å²) in [5, 5.41) is 0.0256. The fourth-order valence-electron chi connectivity index (χ4n) is 1.11. The van der Waals surface area contributed by atoms with Crippen molar-refractivity contribution >= 4 is 29.1 Å². The van der Waals surface area contributed by atoms with Crippen molar-refractivity contribution in [1.29, 1.82) is 0 Å². The molecule has 0 atom stereocenters. The summed E-state index contributed by atoms with van der Waals surface area (Å²) < 4.78 is 44.0. The molecule has 0 bridgehead atoms. The number of alkyl halides is 3. The number of hydrogen-bond acceptors (Lipinski definition) is 4. The Labute approximate surface area is 94.2 Å². The van der Waals surface area contributed by atoms with Gasteiger partial charge in [-0.15, -0.1) is 0 Å². The number of hydrogen-bond donors (Lipinski definition) is 0. The van der Waals surface area contributed by atoms with Gasteiger partial charge in [-0.3, -0.25) is 0 Å². The summed E-state index contributed by atoms with van der Waals surface area (Å²) >= 11 is 6.43. The van der Waals surface area contributed by atoms with Crippen molar-refractivity contribution in [3.8, 4) is 0 Å². The molecule has 0 fully saturated rings. The Bertz CT molecular complexity index is 315. The summed E-state index contributed by atoms with van der Waals surface area (Å²) in [6.45, 7) is 0.994. The van der Waals surface area contributed by atoms with Crippen LogP contribution in [0.5, 0.6) is 0 Å². The van der Waals surface area contributed by atoms with Crippen LogP contribution in [0.1, 0.15) is 13.3 Å². The van der Waals surface area contributed by atoms with Crippen LogP contribution in [0.15, 0.2) is 0 Å². The Hall–Kier alpha value is -0.560. The van der Waals surface area contributed by atoms with Crippen molar-refractivity contribution in [2.75, 3.05) is 18.0 Å². The van der Waals surface area contributed by atoms with Crippen molar-refractivity contribution in [2.24, 2.45) is 0 Å². The van der Waals surface area contributed by atoms with Gasteiger partial charge in [0, 0.05) is 6.54 Å². The molecule has 0 aliphatic rings. The average Bonchev–Trinajstić information content (AvgIpc) is 2.48. The van der Waals surface area contributed by atoms with Gasteiger partial charge in [-0.2, -0.15) is 21.9 Å². The van der Waals surface area contributed by atoms with Crippen LogP contribution in [0.2, 0.25) is 5.15 Å². The van der Waals surface area contributed by atoms with Crippen LogP contribution in [-0.4, -0.2) is 28.0 Å². The molecular weight excluding hydrogens is 251 g/mol. The maximum Gasteiger partial charge on any atom is 0.405 e. The molecule has 0 radical (unpaired) electrons. The molecule has 1 heterocycles. The summed E-state index contributed by atoms with van der Waals surface area (Å²) in [5.41, 5.74) is 0. The van der Waals surface area contributed by atoms with Gasteiger partial charge in [0.05, 0.1) is 11.7 Å². The zero-order valence-electron chi connectivity index (χ0n) is 7.88. The van der Waals surface area contributed by atoms with Crippen molar-refractivity contribution in [1.82, 2.24) is 8.75 Å². The molecule has 1 aromatic heterocycles. The molecule has 0 aliphatic heterocycles. The third kappa shape index (κ3) is 3.83. The molecule has 0 aliphatic carbocycles. The van der Waals surface area contributed by atoms with E-state index < -0.39 is 12.7 Å². The van der Waals surface area contributed by atoms with Crippen LogP contribution in [0, 0.1) is 0 Å². The van der Waals surface area contributed by atoms with Gasteiger partial charge in [-0.05, 0) is 6.42 Å². The smallest absolute Gasteiger partial charge is 0.344 e. The minimum Gasteiger partial charge on any atom is -0.344 e. The molecule has 86 valence electrons. The first kappa shape index (κ1) is 12.5. The third-order valence-corrected chi connectivity index (χ3v) is 2.47. The first-order valence-electron chi connectivity index (χ1n) is 4.24. The van der Waals surface area contributed by atoms with E-state index in [4.69, 9.17) is 11.6 Å². The molecule has 3 nitrogen and oxygen atoms in total. The van der Waals surface area contributed by atoms with E-state index in [2.05, 4.69) is 8.75 Å².